The molecule has 0 atom stereocenters. The standard InChI is InChI=1S/C22H26N2O2/c1-21(2,3)16-10-15(11-17(13-16)22(4,5)6)20-24-23-19(26-20)14-8-7-9-18(25)12-14/h7-13,25H,1-6H3. The Morgan fingerprint density at radius 3 is 1.77 bits per heavy atom. The SMILES string of the molecule is CC(C)(C)c1cc(-c2nnc(-c3cccc(O)c3)o2)cc(C(C)(C)C)c1. The number of benzene rings is 2. The maximum absolute atomic E-state index is 9.66. The Labute approximate surface area is 154 Å². The fraction of sp³-hybridized carbons (Fsp3) is 0.364. The van der Waals surface area contributed by atoms with Gasteiger partial charge in [0.05, 0.1) is 0 Å². The van der Waals surface area contributed by atoms with Crippen LogP contribution in [0, 0.1) is 0 Å². The Morgan fingerprint density at radius 2 is 1.27 bits per heavy atom. The van der Waals surface area contributed by atoms with Gasteiger partial charge in [-0.2, -0.15) is 0 Å². The number of hydrogen-bond acceptors (Lipinski definition) is 4. The molecule has 1 aromatic heterocycles. The number of aromatic hydroxyl groups is 1. The molecule has 0 amide bonds. The second-order valence-corrected chi connectivity index (χ2v) is 8.76. The maximum Gasteiger partial charge on any atom is 0.248 e. The zero-order valence-electron chi connectivity index (χ0n) is 16.3. The largest absolute Gasteiger partial charge is 0.508 e. The fourth-order valence-electron chi connectivity index (χ4n) is 2.71. The third kappa shape index (κ3) is 3.79. The number of phenols is 1. The molecular weight excluding hydrogens is 324 g/mol. The lowest BCUT2D eigenvalue weighted by Crippen LogP contribution is -2.16. The number of nitrogens with zero attached hydrogens (tertiary/aromatic N) is 2. The van der Waals surface area contributed by atoms with Crippen LogP contribution in [0.25, 0.3) is 22.9 Å². The van der Waals surface area contributed by atoms with E-state index in [0.29, 0.717) is 17.3 Å². The van der Waals surface area contributed by atoms with E-state index in [1.54, 1.807) is 18.2 Å². The summed E-state index contributed by atoms with van der Waals surface area (Å²) in [5.74, 6) is 1.06. The van der Waals surface area contributed by atoms with E-state index in [9.17, 15) is 5.11 Å². The van der Waals surface area contributed by atoms with Crippen LogP contribution in [-0.4, -0.2) is 15.3 Å². The van der Waals surface area contributed by atoms with Gasteiger partial charge in [0.25, 0.3) is 0 Å². The molecule has 0 aliphatic heterocycles. The molecule has 26 heavy (non-hydrogen) atoms. The van der Waals surface area contributed by atoms with Crippen molar-refractivity contribution in [2.75, 3.05) is 0 Å². The second kappa shape index (κ2) is 6.27. The predicted molar refractivity (Wildman–Crippen MR) is 104 cm³/mol. The highest BCUT2D eigenvalue weighted by Gasteiger charge is 2.22. The Hall–Kier alpha value is -2.62. The molecule has 0 fully saturated rings. The van der Waals surface area contributed by atoms with Crippen LogP contribution in [0.2, 0.25) is 0 Å². The van der Waals surface area contributed by atoms with E-state index >= 15 is 0 Å². The lowest BCUT2D eigenvalue weighted by molar-refractivity contribution is 0.475. The molecule has 0 saturated carbocycles. The predicted octanol–water partition coefficient (Wildman–Crippen LogP) is 5.70. The molecule has 0 bridgehead atoms. The van der Waals surface area contributed by atoms with Crippen LogP contribution in [-0.2, 0) is 10.8 Å². The summed E-state index contributed by atoms with van der Waals surface area (Å²) < 4.78 is 5.91. The zero-order chi connectivity index (χ0) is 19.1. The normalized spacial score (nSPS) is 12.4. The molecular formula is C22H26N2O2. The minimum absolute atomic E-state index is 0.0179. The molecule has 4 nitrogen and oxygen atoms in total. The number of aromatic nitrogens is 2. The molecule has 0 radical (unpaired) electrons. The van der Waals surface area contributed by atoms with Gasteiger partial charge in [-0.25, -0.2) is 0 Å². The van der Waals surface area contributed by atoms with E-state index in [4.69, 9.17) is 4.42 Å². The number of hydrogen-bond donors (Lipinski definition) is 1. The summed E-state index contributed by atoms with van der Waals surface area (Å²) in [6, 6.07) is 13.3. The summed E-state index contributed by atoms with van der Waals surface area (Å²) in [5, 5.41) is 18.1. The average molecular weight is 350 g/mol. The van der Waals surface area contributed by atoms with Gasteiger partial charge in [-0.1, -0.05) is 53.7 Å². The van der Waals surface area contributed by atoms with E-state index in [0.717, 1.165) is 5.56 Å². The molecule has 3 rings (SSSR count). The quantitative estimate of drug-likeness (QED) is 0.643. The highest BCUT2D eigenvalue weighted by atomic mass is 16.4. The van der Waals surface area contributed by atoms with Crippen molar-refractivity contribution in [2.45, 2.75) is 52.4 Å². The number of rotatable bonds is 2. The van der Waals surface area contributed by atoms with Crippen LogP contribution in [0.15, 0.2) is 46.9 Å². The van der Waals surface area contributed by atoms with E-state index < -0.39 is 0 Å². The van der Waals surface area contributed by atoms with Gasteiger partial charge >= 0.3 is 0 Å². The molecule has 3 aromatic rings. The molecule has 0 unspecified atom stereocenters. The van der Waals surface area contributed by atoms with Crippen LogP contribution in [0.3, 0.4) is 0 Å². The van der Waals surface area contributed by atoms with Crippen LogP contribution in [0.4, 0.5) is 0 Å². The van der Waals surface area contributed by atoms with Gasteiger partial charge in [-0.05, 0) is 52.3 Å². The fourth-order valence-corrected chi connectivity index (χ4v) is 2.71. The smallest absolute Gasteiger partial charge is 0.248 e. The lowest BCUT2D eigenvalue weighted by Gasteiger charge is -2.25. The van der Waals surface area contributed by atoms with Gasteiger partial charge in [0.15, 0.2) is 0 Å². The summed E-state index contributed by atoms with van der Waals surface area (Å²) in [6.45, 7) is 13.2. The minimum Gasteiger partial charge on any atom is -0.508 e. The van der Waals surface area contributed by atoms with Crippen LogP contribution in [0.5, 0.6) is 5.75 Å². The molecule has 1 N–H and O–H groups in total. The first-order valence-corrected chi connectivity index (χ1v) is 8.83. The molecule has 0 spiro atoms. The van der Waals surface area contributed by atoms with Crippen LogP contribution >= 0.6 is 0 Å². The topological polar surface area (TPSA) is 59.2 Å². The molecule has 136 valence electrons. The Bertz CT molecular complexity index is 896. The molecule has 0 aliphatic carbocycles. The van der Waals surface area contributed by atoms with E-state index in [1.165, 1.54) is 11.1 Å². The second-order valence-electron chi connectivity index (χ2n) is 8.76. The molecule has 4 heteroatoms. The van der Waals surface area contributed by atoms with Gasteiger partial charge in [-0.3, -0.25) is 0 Å². The van der Waals surface area contributed by atoms with Crippen molar-refractivity contribution in [3.05, 3.63) is 53.6 Å². The molecule has 1 heterocycles. The monoisotopic (exact) mass is 350 g/mol. The van der Waals surface area contributed by atoms with Gasteiger partial charge in [0, 0.05) is 11.1 Å². The van der Waals surface area contributed by atoms with E-state index in [1.807, 2.05) is 6.07 Å². The van der Waals surface area contributed by atoms with Crippen LogP contribution in [0.1, 0.15) is 52.7 Å². The molecule has 0 saturated heterocycles. The van der Waals surface area contributed by atoms with Crippen LogP contribution < -0.4 is 0 Å². The van der Waals surface area contributed by atoms with E-state index in [-0.39, 0.29) is 16.6 Å². The molecule has 0 aliphatic rings. The highest BCUT2D eigenvalue weighted by Crippen LogP contribution is 2.34. The van der Waals surface area contributed by atoms with Gasteiger partial charge < -0.3 is 9.52 Å². The Morgan fingerprint density at radius 1 is 0.731 bits per heavy atom. The van der Waals surface area contributed by atoms with Gasteiger partial charge in [0.1, 0.15) is 5.75 Å². The highest BCUT2D eigenvalue weighted by molar-refractivity contribution is 5.61. The zero-order valence-corrected chi connectivity index (χ0v) is 16.3. The Kier molecular flexibility index (Phi) is 4.39. The van der Waals surface area contributed by atoms with E-state index in [2.05, 4.69) is 69.9 Å². The summed E-state index contributed by atoms with van der Waals surface area (Å²) in [7, 11) is 0. The third-order valence-electron chi connectivity index (χ3n) is 4.43. The summed E-state index contributed by atoms with van der Waals surface area (Å²) in [6.07, 6.45) is 0. The average Bonchev–Trinajstić information content (AvgIpc) is 3.03. The lowest BCUT2D eigenvalue weighted by atomic mass is 9.79. The van der Waals surface area contributed by atoms with Crippen molar-refractivity contribution >= 4 is 0 Å². The van der Waals surface area contributed by atoms with Gasteiger partial charge in [-0.15, -0.1) is 10.2 Å². The van der Waals surface area contributed by atoms with Crippen molar-refractivity contribution < 1.29 is 9.52 Å². The molecule has 2 aromatic carbocycles. The Balaban J connectivity index is 2.09. The van der Waals surface area contributed by atoms with Gasteiger partial charge in [0.2, 0.25) is 11.8 Å². The first kappa shape index (κ1) is 18.2. The summed E-state index contributed by atoms with van der Waals surface area (Å²) >= 11 is 0. The summed E-state index contributed by atoms with van der Waals surface area (Å²) in [4.78, 5) is 0. The maximum atomic E-state index is 9.66. The van der Waals surface area contributed by atoms with Crippen molar-refractivity contribution in [1.29, 1.82) is 0 Å². The minimum atomic E-state index is 0.0179. The number of phenolic OH excluding ortho intramolecular Hbond substituents is 1. The first-order chi connectivity index (χ1) is 12.0. The third-order valence-corrected chi connectivity index (χ3v) is 4.43. The van der Waals surface area contributed by atoms with Crippen molar-refractivity contribution in [1.82, 2.24) is 10.2 Å². The first-order valence-electron chi connectivity index (χ1n) is 8.83. The van der Waals surface area contributed by atoms with Crippen molar-refractivity contribution in [3.8, 4) is 28.7 Å². The van der Waals surface area contributed by atoms with Crippen molar-refractivity contribution in [2.24, 2.45) is 0 Å². The summed E-state index contributed by atoms with van der Waals surface area (Å²) in [5.41, 5.74) is 4.12. The van der Waals surface area contributed by atoms with Crippen molar-refractivity contribution in [3.63, 3.8) is 0 Å².